The van der Waals surface area contributed by atoms with Crippen LogP contribution in [0.5, 0.6) is 5.75 Å². The van der Waals surface area contributed by atoms with E-state index >= 15 is 0 Å². The highest BCUT2D eigenvalue weighted by molar-refractivity contribution is 5.32. The van der Waals surface area contributed by atoms with Gasteiger partial charge in [0.25, 0.3) is 0 Å². The second-order valence-corrected chi connectivity index (χ2v) is 4.45. The maximum absolute atomic E-state index is 13.1. The van der Waals surface area contributed by atoms with Crippen molar-refractivity contribution in [3.8, 4) is 5.75 Å². The Morgan fingerprint density at radius 3 is 2.52 bits per heavy atom. The van der Waals surface area contributed by atoms with E-state index < -0.39 is 17.6 Å². The molecule has 1 aromatic heterocycles. The zero-order valence-corrected chi connectivity index (χ0v) is 11.1. The second kappa shape index (κ2) is 5.77. The first-order valence-corrected chi connectivity index (χ1v) is 6.09. The minimum atomic E-state index is -4.77. The van der Waals surface area contributed by atoms with Gasteiger partial charge >= 0.3 is 6.18 Å². The van der Waals surface area contributed by atoms with Crippen molar-refractivity contribution in [3.63, 3.8) is 0 Å². The smallest absolute Gasteiger partial charge is 0.419 e. The van der Waals surface area contributed by atoms with Crippen molar-refractivity contribution >= 4 is 0 Å². The summed E-state index contributed by atoms with van der Waals surface area (Å²) in [6.45, 7) is 1.96. The molecule has 2 N–H and O–H groups in total. The quantitative estimate of drug-likeness (QED) is 0.874. The number of halogens is 4. The molecule has 0 aliphatic heterocycles. The van der Waals surface area contributed by atoms with Gasteiger partial charge in [-0.2, -0.15) is 13.2 Å². The predicted molar refractivity (Wildman–Crippen MR) is 67.1 cm³/mol. The number of alkyl halides is 3. The average Bonchev–Trinajstić information content (AvgIpc) is 2.77. The first-order chi connectivity index (χ1) is 9.81. The third-order valence-electron chi connectivity index (χ3n) is 2.88. The molecular formula is C14H13F4NO2. The molecule has 0 aliphatic carbocycles. The summed E-state index contributed by atoms with van der Waals surface area (Å²) in [7, 11) is 0. The number of furan rings is 1. The van der Waals surface area contributed by atoms with Crippen molar-refractivity contribution in [3.05, 3.63) is 52.7 Å². The SMILES string of the molecule is Cc1cc(COc2ccc(F)c(C(F)(F)F)c2)oc1CN. The van der Waals surface area contributed by atoms with Crippen molar-refractivity contribution in [1.29, 1.82) is 0 Å². The zero-order chi connectivity index (χ0) is 15.6. The molecule has 0 saturated heterocycles. The van der Waals surface area contributed by atoms with E-state index in [1.165, 1.54) is 0 Å². The summed E-state index contributed by atoms with van der Waals surface area (Å²) in [5, 5.41) is 0. The van der Waals surface area contributed by atoms with Gasteiger partial charge in [0.15, 0.2) is 0 Å². The number of aryl methyl sites for hydroxylation is 1. The van der Waals surface area contributed by atoms with Crippen LogP contribution in [0.3, 0.4) is 0 Å². The van der Waals surface area contributed by atoms with Crippen molar-refractivity contribution in [1.82, 2.24) is 0 Å². The van der Waals surface area contributed by atoms with Gasteiger partial charge in [-0.25, -0.2) is 4.39 Å². The summed E-state index contributed by atoms with van der Waals surface area (Å²) < 4.78 is 61.4. The summed E-state index contributed by atoms with van der Waals surface area (Å²) in [5.74, 6) is -0.407. The maximum Gasteiger partial charge on any atom is 0.419 e. The van der Waals surface area contributed by atoms with Crippen LogP contribution >= 0.6 is 0 Å². The molecule has 0 bridgehead atoms. The number of hydrogen-bond acceptors (Lipinski definition) is 3. The largest absolute Gasteiger partial charge is 0.486 e. The lowest BCUT2D eigenvalue weighted by Crippen LogP contribution is -2.08. The molecule has 0 radical (unpaired) electrons. The van der Waals surface area contributed by atoms with Crippen LogP contribution in [0.1, 0.15) is 22.6 Å². The molecule has 2 rings (SSSR count). The second-order valence-electron chi connectivity index (χ2n) is 4.45. The Kier molecular flexibility index (Phi) is 4.22. The van der Waals surface area contributed by atoms with E-state index in [1.54, 1.807) is 13.0 Å². The lowest BCUT2D eigenvalue weighted by molar-refractivity contribution is -0.140. The maximum atomic E-state index is 13.1. The summed E-state index contributed by atoms with van der Waals surface area (Å²) in [6, 6.07) is 4.16. The number of nitrogens with two attached hydrogens (primary N) is 1. The Hall–Kier alpha value is -2.02. The van der Waals surface area contributed by atoms with Gasteiger partial charge in [-0.05, 0) is 36.8 Å². The van der Waals surface area contributed by atoms with E-state index in [-0.39, 0.29) is 18.9 Å². The van der Waals surface area contributed by atoms with Gasteiger partial charge in [0.2, 0.25) is 0 Å². The van der Waals surface area contributed by atoms with E-state index in [2.05, 4.69) is 0 Å². The number of hydrogen-bond donors (Lipinski definition) is 1. The Bertz CT molecular complexity index is 634. The van der Waals surface area contributed by atoms with E-state index in [1.807, 2.05) is 0 Å². The lowest BCUT2D eigenvalue weighted by Gasteiger charge is -2.10. The van der Waals surface area contributed by atoms with Crippen LogP contribution in [0, 0.1) is 12.7 Å². The van der Waals surface area contributed by atoms with E-state index in [0.717, 1.165) is 17.7 Å². The standard InChI is InChI=1S/C14H13F4NO2/c1-8-4-10(21-13(8)6-19)7-20-9-2-3-12(15)11(5-9)14(16,17)18/h2-5H,6-7,19H2,1H3. The normalized spacial score (nSPS) is 11.7. The fourth-order valence-corrected chi connectivity index (χ4v) is 1.83. The van der Waals surface area contributed by atoms with Gasteiger partial charge in [-0.1, -0.05) is 0 Å². The molecule has 114 valence electrons. The Morgan fingerprint density at radius 1 is 1.24 bits per heavy atom. The highest BCUT2D eigenvalue weighted by Gasteiger charge is 2.34. The van der Waals surface area contributed by atoms with Gasteiger partial charge < -0.3 is 14.9 Å². The van der Waals surface area contributed by atoms with Gasteiger partial charge in [0.1, 0.15) is 29.7 Å². The van der Waals surface area contributed by atoms with Crippen LogP contribution in [0.4, 0.5) is 17.6 Å². The Labute approximate surface area is 118 Å². The molecule has 2 aromatic rings. The van der Waals surface area contributed by atoms with E-state index in [0.29, 0.717) is 17.6 Å². The topological polar surface area (TPSA) is 48.4 Å². The number of benzene rings is 1. The third kappa shape index (κ3) is 3.55. The van der Waals surface area contributed by atoms with E-state index in [9.17, 15) is 17.6 Å². The average molecular weight is 303 g/mol. The van der Waals surface area contributed by atoms with Crippen LogP contribution in [-0.4, -0.2) is 0 Å². The Morgan fingerprint density at radius 2 is 1.95 bits per heavy atom. The van der Waals surface area contributed by atoms with Crippen LogP contribution in [-0.2, 0) is 19.3 Å². The molecule has 0 saturated carbocycles. The molecule has 0 unspecified atom stereocenters. The van der Waals surface area contributed by atoms with Gasteiger partial charge in [-0.15, -0.1) is 0 Å². The lowest BCUT2D eigenvalue weighted by atomic mass is 10.2. The minimum Gasteiger partial charge on any atom is -0.486 e. The fraction of sp³-hybridized carbons (Fsp3) is 0.286. The molecule has 1 heterocycles. The first kappa shape index (κ1) is 15.4. The number of ether oxygens (including phenoxy) is 1. The van der Waals surface area contributed by atoms with Gasteiger partial charge in [0.05, 0.1) is 12.1 Å². The van der Waals surface area contributed by atoms with Crippen LogP contribution in [0.25, 0.3) is 0 Å². The summed E-state index contributed by atoms with van der Waals surface area (Å²) in [4.78, 5) is 0. The predicted octanol–water partition coefficient (Wildman–Crippen LogP) is 3.78. The van der Waals surface area contributed by atoms with E-state index in [4.69, 9.17) is 14.9 Å². The molecule has 21 heavy (non-hydrogen) atoms. The van der Waals surface area contributed by atoms with Crippen molar-refractivity contribution in [2.45, 2.75) is 26.3 Å². The van der Waals surface area contributed by atoms with Crippen LogP contribution in [0.2, 0.25) is 0 Å². The molecule has 0 spiro atoms. The molecule has 1 aromatic carbocycles. The van der Waals surface area contributed by atoms with Crippen molar-refractivity contribution < 1.29 is 26.7 Å². The summed E-state index contributed by atoms with van der Waals surface area (Å²) >= 11 is 0. The van der Waals surface area contributed by atoms with Crippen LogP contribution < -0.4 is 10.5 Å². The van der Waals surface area contributed by atoms with Crippen LogP contribution in [0.15, 0.2) is 28.7 Å². The third-order valence-corrected chi connectivity index (χ3v) is 2.88. The van der Waals surface area contributed by atoms with Crippen molar-refractivity contribution in [2.75, 3.05) is 0 Å². The van der Waals surface area contributed by atoms with Crippen molar-refractivity contribution in [2.24, 2.45) is 5.73 Å². The van der Waals surface area contributed by atoms with Gasteiger partial charge in [-0.3, -0.25) is 0 Å². The Balaban J connectivity index is 2.13. The monoisotopic (exact) mass is 303 g/mol. The minimum absolute atomic E-state index is 0.0657. The fourth-order valence-electron chi connectivity index (χ4n) is 1.83. The first-order valence-electron chi connectivity index (χ1n) is 6.09. The van der Waals surface area contributed by atoms with Gasteiger partial charge in [0, 0.05) is 0 Å². The molecule has 3 nitrogen and oxygen atoms in total. The number of rotatable bonds is 4. The molecule has 0 aliphatic rings. The highest BCUT2D eigenvalue weighted by atomic mass is 19.4. The highest BCUT2D eigenvalue weighted by Crippen LogP contribution is 2.33. The molecule has 7 heteroatoms. The molecule has 0 atom stereocenters. The molecule has 0 amide bonds. The summed E-state index contributed by atoms with van der Waals surface area (Å²) in [6.07, 6.45) is -4.77. The molecular weight excluding hydrogens is 290 g/mol. The zero-order valence-electron chi connectivity index (χ0n) is 11.1. The molecule has 0 fully saturated rings. The summed E-state index contributed by atoms with van der Waals surface area (Å²) in [5.41, 5.74) is 4.93.